The molecule has 6 nitrogen and oxygen atoms in total. The first-order valence-corrected chi connectivity index (χ1v) is 11.4. The summed E-state index contributed by atoms with van der Waals surface area (Å²) in [5, 5.41) is 4.40. The number of para-hydroxylation sites is 1. The van der Waals surface area contributed by atoms with Crippen molar-refractivity contribution < 1.29 is 13.2 Å². The Hall–Kier alpha value is -1.97. The van der Waals surface area contributed by atoms with E-state index in [0.29, 0.717) is 0 Å². The van der Waals surface area contributed by atoms with Crippen LogP contribution in [0.1, 0.15) is 10.4 Å². The molecule has 1 aromatic carbocycles. The maximum Gasteiger partial charge on any atom is 0.234 e. The summed E-state index contributed by atoms with van der Waals surface area (Å²) in [6.07, 6.45) is 2.61. The summed E-state index contributed by atoms with van der Waals surface area (Å²) in [5.74, 6) is -0.166. The van der Waals surface area contributed by atoms with Crippen LogP contribution in [-0.4, -0.2) is 36.3 Å². The van der Waals surface area contributed by atoms with Gasteiger partial charge in [0.25, 0.3) is 0 Å². The number of carbonyl (C=O) groups is 1. The molecule has 3 rings (SSSR count). The SMILES string of the molecule is Cc1sc2ncnc(SCC(=O)Nc3ccccc3S(C)(=O)=O)c2c1C. The number of hydrogen-bond acceptors (Lipinski definition) is 7. The molecule has 0 aliphatic heterocycles. The maximum absolute atomic E-state index is 12.3. The summed E-state index contributed by atoms with van der Waals surface area (Å²) >= 11 is 2.91. The van der Waals surface area contributed by atoms with E-state index in [1.165, 1.54) is 29.0 Å². The van der Waals surface area contributed by atoms with Crippen molar-refractivity contribution in [2.45, 2.75) is 23.8 Å². The van der Waals surface area contributed by atoms with E-state index in [9.17, 15) is 13.2 Å². The normalized spacial score (nSPS) is 11.7. The molecule has 0 aliphatic rings. The summed E-state index contributed by atoms with van der Waals surface area (Å²) in [5.41, 5.74) is 1.41. The van der Waals surface area contributed by atoms with Crippen molar-refractivity contribution in [3.8, 4) is 0 Å². The van der Waals surface area contributed by atoms with E-state index in [2.05, 4.69) is 15.3 Å². The van der Waals surface area contributed by atoms with Gasteiger partial charge in [-0.15, -0.1) is 11.3 Å². The third kappa shape index (κ3) is 3.89. The summed E-state index contributed by atoms with van der Waals surface area (Å²) in [4.78, 5) is 23.1. The number of aryl methyl sites for hydroxylation is 2. The Morgan fingerprint density at radius 1 is 1.23 bits per heavy atom. The van der Waals surface area contributed by atoms with Gasteiger partial charge in [0.15, 0.2) is 9.84 Å². The number of thioether (sulfide) groups is 1. The fourth-order valence-electron chi connectivity index (χ4n) is 2.47. The van der Waals surface area contributed by atoms with E-state index in [0.717, 1.165) is 27.1 Å². The molecule has 136 valence electrons. The first-order chi connectivity index (χ1) is 12.3. The van der Waals surface area contributed by atoms with E-state index in [1.807, 2.05) is 13.8 Å². The summed E-state index contributed by atoms with van der Waals surface area (Å²) < 4.78 is 23.7. The average Bonchev–Trinajstić information content (AvgIpc) is 2.87. The van der Waals surface area contributed by atoms with Crippen LogP contribution in [0.4, 0.5) is 5.69 Å². The van der Waals surface area contributed by atoms with Crippen molar-refractivity contribution in [3.05, 3.63) is 41.0 Å². The minimum Gasteiger partial charge on any atom is -0.324 e. The topological polar surface area (TPSA) is 89.0 Å². The Bertz CT molecular complexity index is 1090. The number of amides is 1. The van der Waals surface area contributed by atoms with Crippen LogP contribution in [0.25, 0.3) is 10.2 Å². The van der Waals surface area contributed by atoms with Crippen LogP contribution in [-0.2, 0) is 14.6 Å². The zero-order valence-electron chi connectivity index (χ0n) is 14.4. The van der Waals surface area contributed by atoms with Crippen LogP contribution in [0.3, 0.4) is 0 Å². The fraction of sp³-hybridized carbons (Fsp3) is 0.235. The van der Waals surface area contributed by atoms with E-state index < -0.39 is 9.84 Å². The predicted molar refractivity (Wildman–Crippen MR) is 106 cm³/mol. The highest BCUT2D eigenvalue weighted by Crippen LogP contribution is 2.34. The van der Waals surface area contributed by atoms with Crippen LogP contribution in [0.2, 0.25) is 0 Å². The number of aromatic nitrogens is 2. The van der Waals surface area contributed by atoms with Crippen molar-refractivity contribution in [1.29, 1.82) is 0 Å². The molecule has 2 heterocycles. The molecule has 2 aromatic heterocycles. The molecule has 26 heavy (non-hydrogen) atoms. The zero-order chi connectivity index (χ0) is 18.9. The number of hydrogen-bond donors (Lipinski definition) is 1. The third-order valence-electron chi connectivity index (χ3n) is 3.83. The molecule has 1 amide bonds. The number of rotatable bonds is 5. The van der Waals surface area contributed by atoms with Gasteiger partial charge < -0.3 is 5.32 Å². The second-order valence-electron chi connectivity index (χ2n) is 5.75. The van der Waals surface area contributed by atoms with Gasteiger partial charge in [0, 0.05) is 16.5 Å². The van der Waals surface area contributed by atoms with Crippen molar-refractivity contribution in [2.75, 3.05) is 17.3 Å². The molecule has 0 radical (unpaired) electrons. The van der Waals surface area contributed by atoms with Gasteiger partial charge in [0.1, 0.15) is 16.2 Å². The quantitative estimate of drug-likeness (QED) is 0.515. The lowest BCUT2D eigenvalue weighted by Gasteiger charge is -2.09. The largest absolute Gasteiger partial charge is 0.324 e. The molecule has 0 bridgehead atoms. The number of sulfone groups is 1. The molecule has 0 saturated heterocycles. The molecule has 0 atom stereocenters. The number of fused-ring (bicyclic) bond motifs is 1. The smallest absolute Gasteiger partial charge is 0.234 e. The molecule has 0 unspecified atom stereocenters. The van der Waals surface area contributed by atoms with Crippen molar-refractivity contribution in [3.63, 3.8) is 0 Å². The lowest BCUT2D eigenvalue weighted by atomic mass is 10.2. The van der Waals surface area contributed by atoms with Crippen LogP contribution in [0, 0.1) is 13.8 Å². The minimum atomic E-state index is -3.42. The second kappa shape index (κ2) is 7.34. The van der Waals surface area contributed by atoms with Gasteiger partial charge >= 0.3 is 0 Å². The first-order valence-electron chi connectivity index (χ1n) is 7.70. The highest BCUT2D eigenvalue weighted by atomic mass is 32.2. The van der Waals surface area contributed by atoms with Crippen molar-refractivity contribution in [1.82, 2.24) is 9.97 Å². The van der Waals surface area contributed by atoms with E-state index >= 15 is 0 Å². The lowest BCUT2D eigenvalue weighted by molar-refractivity contribution is -0.113. The third-order valence-corrected chi connectivity index (χ3v) is 7.09. The molecular formula is C17H17N3O3S3. The fourth-order valence-corrected chi connectivity index (χ4v) is 5.23. The lowest BCUT2D eigenvalue weighted by Crippen LogP contribution is -2.16. The molecule has 1 N–H and O–H groups in total. The monoisotopic (exact) mass is 407 g/mol. The highest BCUT2D eigenvalue weighted by Gasteiger charge is 2.16. The van der Waals surface area contributed by atoms with Crippen LogP contribution >= 0.6 is 23.1 Å². The van der Waals surface area contributed by atoms with Gasteiger partial charge in [-0.05, 0) is 31.5 Å². The Labute approximate surface area is 160 Å². The van der Waals surface area contributed by atoms with Gasteiger partial charge in [-0.2, -0.15) is 0 Å². The number of carbonyl (C=O) groups excluding carboxylic acids is 1. The zero-order valence-corrected chi connectivity index (χ0v) is 16.9. The van der Waals surface area contributed by atoms with Gasteiger partial charge in [-0.3, -0.25) is 4.79 Å². The molecule has 0 aliphatic carbocycles. The maximum atomic E-state index is 12.3. The Morgan fingerprint density at radius 3 is 2.69 bits per heavy atom. The Balaban J connectivity index is 1.77. The highest BCUT2D eigenvalue weighted by molar-refractivity contribution is 8.00. The standard InChI is InChI=1S/C17H17N3O3S3/c1-10-11(2)25-17-15(10)16(18-9-19-17)24-8-14(21)20-12-6-4-5-7-13(12)26(3,22)23/h4-7,9H,8H2,1-3H3,(H,20,21). The summed E-state index contributed by atoms with van der Waals surface area (Å²) in [6, 6.07) is 6.36. The van der Waals surface area contributed by atoms with E-state index in [1.54, 1.807) is 29.5 Å². The molecule has 9 heteroatoms. The molecule has 3 aromatic rings. The van der Waals surface area contributed by atoms with Gasteiger partial charge in [-0.25, -0.2) is 18.4 Å². The number of benzene rings is 1. The minimum absolute atomic E-state index is 0.104. The molecular weight excluding hydrogens is 390 g/mol. The van der Waals surface area contributed by atoms with Crippen LogP contribution in [0.5, 0.6) is 0 Å². The molecule has 0 spiro atoms. The Morgan fingerprint density at radius 2 is 1.96 bits per heavy atom. The summed E-state index contributed by atoms with van der Waals surface area (Å²) in [7, 11) is -3.42. The molecule has 0 saturated carbocycles. The van der Waals surface area contributed by atoms with Crippen molar-refractivity contribution in [2.24, 2.45) is 0 Å². The summed E-state index contributed by atoms with van der Waals surface area (Å²) in [6.45, 7) is 4.05. The van der Waals surface area contributed by atoms with Crippen LogP contribution in [0.15, 0.2) is 40.5 Å². The first kappa shape index (κ1) is 18.8. The predicted octanol–water partition coefficient (Wildman–Crippen LogP) is 3.44. The van der Waals surface area contributed by atoms with E-state index in [-0.39, 0.29) is 22.2 Å². The number of anilines is 1. The van der Waals surface area contributed by atoms with Gasteiger partial charge in [0.2, 0.25) is 5.91 Å². The number of nitrogens with zero attached hydrogens (tertiary/aromatic N) is 2. The van der Waals surface area contributed by atoms with Gasteiger partial charge in [-0.1, -0.05) is 23.9 Å². The number of thiophene rings is 1. The van der Waals surface area contributed by atoms with Crippen LogP contribution < -0.4 is 5.32 Å². The van der Waals surface area contributed by atoms with Gasteiger partial charge in [0.05, 0.1) is 16.3 Å². The second-order valence-corrected chi connectivity index (χ2v) is 9.90. The van der Waals surface area contributed by atoms with E-state index in [4.69, 9.17) is 0 Å². The number of nitrogens with one attached hydrogen (secondary N) is 1. The molecule has 0 fully saturated rings. The average molecular weight is 408 g/mol. The van der Waals surface area contributed by atoms with Crippen molar-refractivity contribution >= 4 is 54.7 Å². The Kier molecular flexibility index (Phi) is 5.31.